The minimum atomic E-state index is -4.66. The molecule has 1 atom stereocenters. The molecule has 0 aliphatic heterocycles. The molecule has 2 rings (SSSR count). The first-order valence-corrected chi connectivity index (χ1v) is 10.4. The van der Waals surface area contributed by atoms with Gasteiger partial charge in [0.1, 0.15) is 22.1 Å². The van der Waals surface area contributed by atoms with Crippen LogP contribution in [-0.2, 0) is 31.3 Å². The molecule has 0 saturated heterocycles. The van der Waals surface area contributed by atoms with E-state index in [4.69, 9.17) is 33.8 Å². The number of carbonyl (C=O) groups excluding carboxylic acids is 1. The summed E-state index contributed by atoms with van der Waals surface area (Å²) in [7, 11) is -1.67. The second-order valence-electron chi connectivity index (χ2n) is 5.56. The highest BCUT2D eigenvalue weighted by molar-refractivity contribution is 7.84. The highest BCUT2D eigenvalue weighted by Crippen LogP contribution is 2.38. The Morgan fingerprint density at radius 3 is 2.47 bits per heavy atom. The average molecular weight is 487 g/mol. The van der Waals surface area contributed by atoms with Gasteiger partial charge in [0.25, 0.3) is 0 Å². The number of benzene rings is 1. The molecule has 1 unspecified atom stereocenters. The molecule has 0 spiro atoms. The second-order valence-corrected chi connectivity index (χ2v) is 7.70. The van der Waals surface area contributed by atoms with Crippen molar-refractivity contribution >= 4 is 52.0 Å². The van der Waals surface area contributed by atoms with Crippen molar-refractivity contribution in [3.8, 4) is 5.69 Å². The number of rotatable bonds is 7. The van der Waals surface area contributed by atoms with Gasteiger partial charge in [0, 0.05) is 6.26 Å². The van der Waals surface area contributed by atoms with E-state index in [1.165, 1.54) is 6.26 Å². The third-order valence-corrected chi connectivity index (χ3v) is 5.05. The van der Waals surface area contributed by atoms with E-state index in [-0.39, 0.29) is 38.7 Å². The van der Waals surface area contributed by atoms with Crippen LogP contribution in [0.2, 0.25) is 10.0 Å². The zero-order valence-electron chi connectivity index (χ0n) is 15.5. The number of ether oxygens (including phenoxy) is 1. The molecule has 2 aromatic rings. The number of aromatic nitrogens is 2. The topological polar surface area (TPSA) is 109 Å². The van der Waals surface area contributed by atoms with Crippen LogP contribution >= 0.6 is 23.2 Å². The van der Waals surface area contributed by atoms with Crippen molar-refractivity contribution in [2.75, 3.05) is 25.2 Å². The van der Waals surface area contributed by atoms with Crippen LogP contribution in [0.25, 0.3) is 5.69 Å². The van der Waals surface area contributed by atoms with E-state index in [2.05, 4.69) is 15.0 Å². The van der Waals surface area contributed by atoms with Crippen LogP contribution in [0.5, 0.6) is 0 Å². The van der Waals surface area contributed by atoms with Crippen molar-refractivity contribution < 1.29 is 31.7 Å². The number of anilines is 1. The molecule has 30 heavy (non-hydrogen) atoms. The lowest BCUT2D eigenvalue weighted by molar-refractivity contribution is -0.148. The SMILES string of the molecule is CCOC(=O)CON=Cc1nn(-c2c(Cl)cc(C(F)(F)F)cc2Cl)c(N)c1S(C)=O. The molecule has 14 heteroatoms. The minimum absolute atomic E-state index is 0.0190. The van der Waals surface area contributed by atoms with E-state index in [1.54, 1.807) is 6.92 Å². The van der Waals surface area contributed by atoms with Crippen molar-refractivity contribution in [2.24, 2.45) is 5.16 Å². The summed E-state index contributed by atoms with van der Waals surface area (Å²) in [6, 6.07) is 1.34. The number of hydrogen-bond acceptors (Lipinski definition) is 7. The van der Waals surface area contributed by atoms with Gasteiger partial charge >= 0.3 is 12.1 Å². The monoisotopic (exact) mass is 486 g/mol. The zero-order chi connectivity index (χ0) is 22.6. The maximum Gasteiger partial charge on any atom is 0.416 e. The third kappa shape index (κ3) is 5.43. The Hall–Kier alpha value is -2.31. The Morgan fingerprint density at radius 2 is 1.97 bits per heavy atom. The van der Waals surface area contributed by atoms with Gasteiger partial charge in [-0.15, -0.1) is 0 Å². The number of hydrogen-bond donors (Lipinski definition) is 1. The first kappa shape index (κ1) is 24.0. The number of oxime groups is 1. The second kappa shape index (κ2) is 9.67. The van der Waals surface area contributed by atoms with Crippen molar-refractivity contribution in [2.45, 2.75) is 18.0 Å². The molecule has 8 nitrogen and oxygen atoms in total. The van der Waals surface area contributed by atoms with E-state index in [0.717, 1.165) is 10.9 Å². The van der Waals surface area contributed by atoms with Crippen molar-refractivity contribution in [3.63, 3.8) is 0 Å². The molecule has 1 aromatic heterocycles. The molecule has 0 saturated carbocycles. The van der Waals surface area contributed by atoms with E-state index in [0.29, 0.717) is 12.1 Å². The lowest BCUT2D eigenvalue weighted by Crippen LogP contribution is -2.10. The maximum atomic E-state index is 12.9. The highest BCUT2D eigenvalue weighted by Gasteiger charge is 2.33. The third-order valence-electron chi connectivity index (χ3n) is 3.48. The quantitative estimate of drug-likeness (QED) is 0.364. The molecule has 0 aliphatic rings. The molecule has 0 bridgehead atoms. The van der Waals surface area contributed by atoms with Crippen molar-refractivity contribution in [3.05, 3.63) is 33.4 Å². The van der Waals surface area contributed by atoms with E-state index in [9.17, 15) is 22.2 Å². The van der Waals surface area contributed by atoms with Gasteiger partial charge in [0.2, 0.25) is 6.61 Å². The number of halogens is 5. The van der Waals surface area contributed by atoms with E-state index >= 15 is 0 Å². The van der Waals surface area contributed by atoms with Gasteiger partial charge in [-0.25, -0.2) is 9.48 Å². The summed E-state index contributed by atoms with van der Waals surface area (Å²) in [4.78, 5) is 16.0. The number of carbonyl (C=O) groups is 1. The lowest BCUT2D eigenvalue weighted by atomic mass is 10.2. The van der Waals surface area contributed by atoms with Gasteiger partial charge in [0.15, 0.2) is 0 Å². The maximum absolute atomic E-state index is 12.9. The molecule has 1 heterocycles. The highest BCUT2D eigenvalue weighted by atomic mass is 35.5. The Bertz CT molecular complexity index is 988. The summed E-state index contributed by atoms with van der Waals surface area (Å²) in [5.41, 5.74) is 4.77. The summed E-state index contributed by atoms with van der Waals surface area (Å²) in [5.74, 6) is -0.825. The predicted molar refractivity (Wildman–Crippen MR) is 106 cm³/mol. The molecule has 0 amide bonds. The Morgan fingerprint density at radius 1 is 1.37 bits per heavy atom. The minimum Gasteiger partial charge on any atom is -0.463 e. The van der Waals surface area contributed by atoms with E-state index in [1.807, 2.05) is 0 Å². The summed E-state index contributed by atoms with van der Waals surface area (Å²) < 4.78 is 56.5. The molecule has 0 fully saturated rings. The zero-order valence-corrected chi connectivity index (χ0v) is 17.8. The van der Waals surface area contributed by atoms with Gasteiger partial charge in [-0.05, 0) is 19.1 Å². The van der Waals surface area contributed by atoms with Crippen LogP contribution in [0.3, 0.4) is 0 Å². The first-order chi connectivity index (χ1) is 14.0. The number of nitrogen functional groups attached to an aromatic ring is 1. The number of nitrogens with two attached hydrogens (primary N) is 1. The fourth-order valence-electron chi connectivity index (χ4n) is 2.30. The van der Waals surface area contributed by atoms with Crippen LogP contribution in [0.15, 0.2) is 22.2 Å². The average Bonchev–Trinajstić information content (AvgIpc) is 2.94. The Kier molecular flexibility index (Phi) is 7.72. The smallest absolute Gasteiger partial charge is 0.416 e. The molecule has 164 valence electrons. The molecule has 1 aromatic carbocycles. The van der Waals surface area contributed by atoms with Crippen LogP contribution in [-0.4, -0.2) is 45.6 Å². The van der Waals surface area contributed by atoms with Crippen LogP contribution in [0, 0.1) is 0 Å². The largest absolute Gasteiger partial charge is 0.463 e. The number of alkyl halides is 3. The summed E-state index contributed by atoms with van der Waals surface area (Å²) >= 11 is 12.0. The Balaban J connectivity index is 2.45. The number of nitrogens with zero attached hydrogens (tertiary/aromatic N) is 3. The van der Waals surface area contributed by atoms with Crippen LogP contribution in [0.1, 0.15) is 18.2 Å². The molecule has 2 N–H and O–H groups in total. The van der Waals surface area contributed by atoms with Gasteiger partial charge in [-0.2, -0.15) is 18.3 Å². The first-order valence-electron chi connectivity index (χ1n) is 8.06. The van der Waals surface area contributed by atoms with Crippen LogP contribution < -0.4 is 5.73 Å². The number of esters is 1. The summed E-state index contributed by atoms with van der Waals surface area (Å²) in [5, 5.41) is 6.86. The van der Waals surface area contributed by atoms with Gasteiger partial charge < -0.3 is 15.3 Å². The van der Waals surface area contributed by atoms with Gasteiger partial charge in [-0.1, -0.05) is 28.4 Å². The van der Waals surface area contributed by atoms with Gasteiger partial charge in [0.05, 0.1) is 39.2 Å². The van der Waals surface area contributed by atoms with Crippen molar-refractivity contribution in [1.82, 2.24) is 9.78 Å². The summed E-state index contributed by atoms with van der Waals surface area (Å²) in [6.07, 6.45) is -2.31. The molecular formula is C16H15Cl2F3N4O4S. The van der Waals surface area contributed by atoms with Gasteiger partial charge in [-0.3, -0.25) is 4.21 Å². The molecular weight excluding hydrogens is 472 g/mol. The summed E-state index contributed by atoms with van der Waals surface area (Å²) in [6.45, 7) is 1.32. The van der Waals surface area contributed by atoms with Crippen molar-refractivity contribution in [1.29, 1.82) is 0 Å². The predicted octanol–water partition coefficient (Wildman–Crippen LogP) is 3.43. The fraction of sp³-hybridized carbons (Fsp3) is 0.312. The standard InChI is InChI=1S/C16H15Cl2F3N4O4S/c1-3-28-12(26)7-29-23-6-11-14(30(2)27)15(22)25(24-11)13-9(17)4-8(5-10(13)18)16(19,20)21/h4-6H,3,7,22H2,1-2H3. The Labute approximate surface area is 181 Å². The molecule has 0 radical (unpaired) electrons. The normalized spacial score (nSPS) is 12.9. The van der Waals surface area contributed by atoms with Crippen LogP contribution in [0.4, 0.5) is 19.0 Å². The molecule has 0 aliphatic carbocycles. The fourth-order valence-corrected chi connectivity index (χ4v) is 3.71. The lowest BCUT2D eigenvalue weighted by Gasteiger charge is -2.13. The van der Waals surface area contributed by atoms with E-state index < -0.39 is 35.1 Å².